The number of allylic oxidation sites excluding steroid dienone is 1. The van der Waals surface area contributed by atoms with Gasteiger partial charge >= 0.3 is 0 Å². The van der Waals surface area contributed by atoms with E-state index in [0.29, 0.717) is 11.4 Å². The molecule has 0 fully saturated rings. The minimum atomic E-state index is -3.79. The Balaban J connectivity index is 1.95. The average molecular weight is 392 g/mol. The van der Waals surface area contributed by atoms with Crippen molar-refractivity contribution in [1.29, 1.82) is 5.26 Å². The molecule has 6 nitrogen and oxygen atoms in total. The van der Waals surface area contributed by atoms with Crippen molar-refractivity contribution in [2.45, 2.75) is 24.7 Å². The van der Waals surface area contributed by atoms with Crippen molar-refractivity contribution >= 4 is 27.1 Å². The number of unbranched alkanes of at least 4 members (excludes halogenated alkanes) is 1. The van der Waals surface area contributed by atoms with E-state index in [2.05, 4.69) is 22.3 Å². The maximum Gasteiger partial charge on any atom is 0.283 e. The molecular weight excluding hydrogens is 372 g/mol. The van der Waals surface area contributed by atoms with Crippen molar-refractivity contribution in [2.24, 2.45) is 4.40 Å². The first-order valence-corrected chi connectivity index (χ1v) is 10.6. The largest absolute Gasteiger partial charge is 0.328 e. The van der Waals surface area contributed by atoms with Gasteiger partial charge in [0.15, 0.2) is 0 Å². The number of hydrogen-bond acceptors (Lipinski definition) is 5. The summed E-state index contributed by atoms with van der Waals surface area (Å²) >= 11 is 0. The van der Waals surface area contributed by atoms with Crippen LogP contribution in [0.1, 0.15) is 25.3 Å². The second-order valence-electron chi connectivity index (χ2n) is 6.77. The van der Waals surface area contributed by atoms with E-state index >= 15 is 0 Å². The molecule has 0 radical (unpaired) electrons. The van der Waals surface area contributed by atoms with Crippen LogP contribution in [0, 0.1) is 11.3 Å². The van der Waals surface area contributed by atoms with Crippen LogP contribution in [0.4, 0.5) is 11.4 Å². The van der Waals surface area contributed by atoms with Gasteiger partial charge in [0.2, 0.25) is 0 Å². The highest BCUT2D eigenvalue weighted by atomic mass is 32.2. The molecule has 0 saturated heterocycles. The van der Waals surface area contributed by atoms with Crippen LogP contribution >= 0.6 is 0 Å². The molecule has 0 spiro atoms. The minimum Gasteiger partial charge on any atom is -0.328 e. The fourth-order valence-corrected chi connectivity index (χ4v) is 4.95. The summed E-state index contributed by atoms with van der Waals surface area (Å²) in [6.07, 6.45) is 1.96. The third-order valence-electron chi connectivity index (χ3n) is 5.05. The molecule has 0 amide bonds. The molecule has 0 saturated carbocycles. The molecule has 0 aromatic heterocycles. The van der Waals surface area contributed by atoms with Gasteiger partial charge in [-0.2, -0.15) is 18.1 Å². The van der Waals surface area contributed by atoms with E-state index in [9.17, 15) is 13.7 Å². The van der Waals surface area contributed by atoms with Crippen molar-refractivity contribution in [3.05, 3.63) is 65.5 Å². The second kappa shape index (κ2) is 6.80. The molecule has 2 aliphatic rings. The number of rotatable bonds is 4. The van der Waals surface area contributed by atoms with E-state index in [1.807, 2.05) is 36.2 Å². The highest BCUT2D eigenvalue weighted by Gasteiger charge is 2.37. The van der Waals surface area contributed by atoms with Crippen molar-refractivity contribution in [3.63, 3.8) is 0 Å². The molecule has 0 unspecified atom stereocenters. The molecule has 0 aliphatic carbocycles. The van der Waals surface area contributed by atoms with Gasteiger partial charge in [-0.05, 0) is 24.6 Å². The van der Waals surface area contributed by atoms with Crippen LogP contribution in [0.5, 0.6) is 0 Å². The Morgan fingerprint density at radius 2 is 1.79 bits per heavy atom. The summed E-state index contributed by atoms with van der Waals surface area (Å²) in [7, 11) is -1.90. The van der Waals surface area contributed by atoms with Crippen LogP contribution in [0.25, 0.3) is 0 Å². The van der Waals surface area contributed by atoms with Gasteiger partial charge in [0.05, 0.1) is 16.3 Å². The Bertz CT molecular complexity index is 1160. The van der Waals surface area contributed by atoms with E-state index < -0.39 is 10.0 Å². The van der Waals surface area contributed by atoms with Crippen LogP contribution in [0.3, 0.4) is 0 Å². The van der Waals surface area contributed by atoms with E-state index in [4.69, 9.17) is 0 Å². The smallest absolute Gasteiger partial charge is 0.283 e. The van der Waals surface area contributed by atoms with E-state index in [1.54, 1.807) is 18.2 Å². The Kier molecular flexibility index (Phi) is 4.44. The molecular formula is C21H20N4O2S. The lowest BCUT2D eigenvalue weighted by atomic mass is 10.0. The zero-order chi connectivity index (χ0) is 19.9. The first-order valence-electron chi connectivity index (χ1n) is 9.19. The Morgan fingerprint density at radius 3 is 2.50 bits per heavy atom. The van der Waals surface area contributed by atoms with Crippen molar-refractivity contribution in [2.75, 3.05) is 23.4 Å². The summed E-state index contributed by atoms with van der Waals surface area (Å²) in [6, 6.07) is 16.8. The lowest BCUT2D eigenvalue weighted by Crippen LogP contribution is -2.30. The highest BCUT2D eigenvalue weighted by molar-refractivity contribution is 7.90. The molecule has 0 bridgehead atoms. The van der Waals surface area contributed by atoms with Gasteiger partial charge in [-0.3, -0.25) is 0 Å². The molecule has 2 aliphatic heterocycles. The van der Waals surface area contributed by atoms with E-state index in [-0.39, 0.29) is 16.2 Å². The molecule has 142 valence electrons. The Hall–Kier alpha value is -3.11. The van der Waals surface area contributed by atoms with Crippen LogP contribution < -0.4 is 9.80 Å². The molecule has 2 heterocycles. The number of nitrogens with zero attached hydrogens (tertiary/aromatic N) is 4. The monoisotopic (exact) mass is 392 g/mol. The summed E-state index contributed by atoms with van der Waals surface area (Å²) in [4.78, 5) is 4.18. The number of para-hydroxylation sites is 2. The van der Waals surface area contributed by atoms with Gasteiger partial charge in [-0.15, -0.1) is 0 Å². The van der Waals surface area contributed by atoms with Crippen molar-refractivity contribution < 1.29 is 8.42 Å². The molecule has 2 aromatic carbocycles. The average Bonchev–Trinajstić information content (AvgIpc) is 3.13. The van der Waals surface area contributed by atoms with Crippen molar-refractivity contribution in [3.8, 4) is 6.07 Å². The summed E-state index contributed by atoms with van der Waals surface area (Å²) in [5.74, 6) is 0.669. The van der Waals surface area contributed by atoms with Gasteiger partial charge in [-0.25, -0.2) is 0 Å². The molecule has 4 rings (SSSR count). The SMILES string of the molecule is CCCCN1C(=C(C#N)C2=NS(=O)(=O)c3ccccc32)N(C)c2ccccc21. The Labute approximate surface area is 165 Å². The molecule has 0 N–H and O–H groups in total. The maximum atomic E-state index is 12.5. The molecule has 0 atom stereocenters. The van der Waals surface area contributed by atoms with Crippen molar-refractivity contribution in [1.82, 2.24) is 0 Å². The summed E-state index contributed by atoms with van der Waals surface area (Å²) in [6.45, 7) is 2.85. The third kappa shape index (κ3) is 2.69. The molecule has 28 heavy (non-hydrogen) atoms. The van der Waals surface area contributed by atoms with Gasteiger partial charge in [0.25, 0.3) is 10.0 Å². The van der Waals surface area contributed by atoms with E-state index in [0.717, 1.165) is 30.8 Å². The van der Waals surface area contributed by atoms with Crippen LogP contribution in [0.15, 0.2) is 69.2 Å². The lowest BCUT2D eigenvalue weighted by Gasteiger charge is -2.24. The zero-order valence-electron chi connectivity index (χ0n) is 15.8. The quantitative estimate of drug-likeness (QED) is 0.742. The normalized spacial score (nSPS) is 18.4. The second-order valence-corrected chi connectivity index (χ2v) is 8.35. The summed E-state index contributed by atoms with van der Waals surface area (Å²) < 4.78 is 29.0. The van der Waals surface area contributed by atoms with Gasteiger partial charge < -0.3 is 9.80 Å². The summed E-state index contributed by atoms with van der Waals surface area (Å²) in [5, 5.41) is 10.0. The standard InChI is InChI=1S/C21H20N4O2S/c1-3-4-13-25-18-11-7-6-10-17(18)24(2)21(25)16(14-22)20-15-9-5-8-12-19(15)28(26,27)23-20/h5-12H,3-4,13H2,1-2H3. The number of benzene rings is 2. The number of anilines is 2. The fraction of sp³-hybridized carbons (Fsp3) is 0.238. The van der Waals surface area contributed by atoms with Crippen LogP contribution in [-0.4, -0.2) is 27.7 Å². The van der Waals surface area contributed by atoms with Gasteiger partial charge in [0, 0.05) is 19.2 Å². The highest BCUT2D eigenvalue weighted by Crippen LogP contribution is 2.43. The predicted octanol–water partition coefficient (Wildman–Crippen LogP) is 3.67. The third-order valence-corrected chi connectivity index (χ3v) is 6.38. The number of sulfonamides is 1. The first kappa shape index (κ1) is 18.3. The number of fused-ring (bicyclic) bond motifs is 2. The summed E-state index contributed by atoms with van der Waals surface area (Å²) in [5.41, 5.74) is 2.95. The lowest BCUT2D eigenvalue weighted by molar-refractivity contribution is 0.599. The van der Waals surface area contributed by atoms with Gasteiger partial charge in [-0.1, -0.05) is 43.7 Å². The predicted molar refractivity (Wildman–Crippen MR) is 110 cm³/mol. The first-order chi connectivity index (χ1) is 13.5. The van der Waals surface area contributed by atoms with Crippen LogP contribution in [0.2, 0.25) is 0 Å². The van der Waals surface area contributed by atoms with Gasteiger partial charge in [0.1, 0.15) is 23.2 Å². The van der Waals surface area contributed by atoms with E-state index in [1.165, 1.54) is 6.07 Å². The topological polar surface area (TPSA) is 76.8 Å². The number of hydrogen-bond donors (Lipinski definition) is 0. The Morgan fingerprint density at radius 1 is 1.11 bits per heavy atom. The number of nitriles is 1. The zero-order valence-corrected chi connectivity index (χ0v) is 16.6. The minimum absolute atomic E-state index is 0.150. The fourth-order valence-electron chi connectivity index (χ4n) is 3.73. The molecule has 7 heteroatoms. The van der Waals surface area contributed by atoms with Crippen LogP contribution in [-0.2, 0) is 10.0 Å². The maximum absolute atomic E-state index is 12.5. The molecule has 2 aromatic rings.